The molecule has 0 aliphatic heterocycles. The number of hydrogen-bond acceptors (Lipinski definition) is 7. The van der Waals surface area contributed by atoms with Crippen molar-refractivity contribution >= 4 is 14.6 Å². The topological polar surface area (TPSA) is 126 Å². The number of aldehydes is 1. The maximum Gasteiger partial charge on any atom is 0.192 e. The van der Waals surface area contributed by atoms with Crippen LogP contribution in [0.25, 0.3) is 0 Å². The first-order valence-corrected chi connectivity index (χ1v) is 13.9. The number of methoxy groups -OCH3 is 1. The molecule has 0 saturated carbocycles. The van der Waals surface area contributed by atoms with Crippen molar-refractivity contribution in [2.75, 3.05) is 53.0 Å². The van der Waals surface area contributed by atoms with Gasteiger partial charge in [-0.1, -0.05) is 33.6 Å². The van der Waals surface area contributed by atoms with Crippen molar-refractivity contribution in [1.29, 1.82) is 0 Å². The van der Waals surface area contributed by atoms with Crippen LogP contribution in [-0.2, 0) is 14.0 Å². The van der Waals surface area contributed by atoms with Crippen LogP contribution < -0.4 is 22.5 Å². The Balaban J connectivity index is -0.000000461. The van der Waals surface area contributed by atoms with Gasteiger partial charge in [0.2, 0.25) is 0 Å². The van der Waals surface area contributed by atoms with E-state index < -0.39 is 8.32 Å². The lowest BCUT2D eigenvalue weighted by Crippen LogP contribution is -2.42. The summed E-state index contributed by atoms with van der Waals surface area (Å²) in [5.41, 5.74) is 15.9. The first-order valence-electron chi connectivity index (χ1n) is 11.0. The molecule has 0 amide bonds. The van der Waals surface area contributed by atoms with Crippen LogP contribution in [0.15, 0.2) is 0 Å². The average Bonchev–Trinajstić information content (AvgIpc) is 2.65. The largest absolute Gasteiger partial charge is 0.416 e. The molecule has 0 unspecified atom stereocenters. The van der Waals surface area contributed by atoms with Crippen LogP contribution in [-0.4, -0.2) is 67.7 Å². The van der Waals surface area contributed by atoms with Crippen molar-refractivity contribution in [3.8, 4) is 0 Å². The van der Waals surface area contributed by atoms with E-state index in [4.69, 9.17) is 21.6 Å². The Morgan fingerprint density at radius 2 is 1.34 bits per heavy atom. The molecule has 8 heteroatoms. The van der Waals surface area contributed by atoms with E-state index in [0.717, 1.165) is 58.6 Å². The summed E-state index contributed by atoms with van der Waals surface area (Å²) in [6.45, 7) is 17.0. The molecule has 0 bridgehead atoms. The van der Waals surface area contributed by atoms with E-state index >= 15 is 0 Å². The molecule has 7 N–H and O–H groups in total. The van der Waals surface area contributed by atoms with Crippen molar-refractivity contribution in [3.63, 3.8) is 0 Å². The minimum absolute atomic E-state index is 0.208. The molecule has 0 atom stereocenters. The molecule has 178 valence electrons. The van der Waals surface area contributed by atoms with Crippen molar-refractivity contribution in [2.45, 2.75) is 77.4 Å². The van der Waals surface area contributed by atoms with Gasteiger partial charge >= 0.3 is 0 Å². The molecule has 0 heterocycles. The number of carbonyl (C=O) groups excluding carboxylic acids is 1. The molecular weight excluding hydrogens is 384 g/mol. The highest BCUT2D eigenvalue weighted by molar-refractivity contribution is 6.74. The molecule has 0 spiro atoms. The summed E-state index contributed by atoms with van der Waals surface area (Å²) in [6, 6.07) is 0. The SMILES string of the molecule is CC(C)(C)[Si](C)(C)OCCNCCCCCN.COCC=O.NCCCCCN. The van der Waals surface area contributed by atoms with Gasteiger partial charge in [0.25, 0.3) is 0 Å². The number of ether oxygens (including phenoxy) is 1. The summed E-state index contributed by atoms with van der Waals surface area (Å²) in [7, 11) is -0.0620. The van der Waals surface area contributed by atoms with Gasteiger partial charge in [-0.15, -0.1) is 0 Å². The maximum atomic E-state index is 9.28. The third-order valence-electron chi connectivity index (χ3n) is 4.75. The monoisotopic (exact) mass is 436 g/mol. The van der Waals surface area contributed by atoms with Gasteiger partial charge in [-0.3, -0.25) is 0 Å². The van der Waals surface area contributed by atoms with Crippen LogP contribution >= 0.6 is 0 Å². The van der Waals surface area contributed by atoms with Crippen LogP contribution in [0.1, 0.15) is 59.3 Å². The summed E-state index contributed by atoms with van der Waals surface area (Å²) >= 11 is 0. The Morgan fingerprint density at radius 1 is 0.862 bits per heavy atom. The van der Waals surface area contributed by atoms with Crippen LogP contribution in [0.4, 0.5) is 0 Å². The summed E-state index contributed by atoms with van der Waals surface area (Å²) in [4.78, 5) is 9.28. The number of hydrogen-bond donors (Lipinski definition) is 4. The zero-order chi connectivity index (χ0) is 23.0. The fourth-order valence-electron chi connectivity index (χ4n) is 1.82. The third kappa shape index (κ3) is 27.6. The van der Waals surface area contributed by atoms with E-state index in [9.17, 15) is 4.79 Å². The smallest absolute Gasteiger partial charge is 0.192 e. The highest BCUT2D eigenvalue weighted by atomic mass is 28.4. The first-order chi connectivity index (χ1) is 13.6. The highest BCUT2D eigenvalue weighted by Gasteiger charge is 2.36. The molecular formula is C21H52N4O3Si. The Kier molecular flexibility index (Phi) is 27.5. The van der Waals surface area contributed by atoms with Crippen molar-refractivity contribution in [1.82, 2.24) is 5.32 Å². The second-order valence-corrected chi connectivity index (χ2v) is 13.3. The van der Waals surface area contributed by atoms with Gasteiger partial charge in [0, 0.05) is 20.3 Å². The van der Waals surface area contributed by atoms with Gasteiger partial charge in [0.05, 0.1) is 0 Å². The van der Waals surface area contributed by atoms with E-state index in [1.165, 1.54) is 26.4 Å². The predicted octanol–water partition coefficient (Wildman–Crippen LogP) is 2.63. The van der Waals surface area contributed by atoms with Crippen LogP contribution in [0.3, 0.4) is 0 Å². The number of rotatable bonds is 15. The quantitative estimate of drug-likeness (QED) is 0.177. The fraction of sp³-hybridized carbons (Fsp3) is 0.952. The fourth-order valence-corrected chi connectivity index (χ4v) is 2.87. The molecule has 0 aliphatic carbocycles. The Morgan fingerprint density at radius 3 is 1.69 bits per heavy atom. The summed E-state index contributed by atoms with van der Waals surface area (Å²) in [5.74, 6) is 0. The van der Waals surface area contributed by atoms with E-state index in [1.807, 2.05) is 0 Å². The normalized spacial score (nSPS) is 11.2. The van der Waals surface area contributed by atoms with Crippen LogP contribution in [0, 0.1) is 0 Å². The number of nitrogens with one attached hydrogen (secondary N) is 1. The van der Waals surface area contributed by atoms with Gasteiger partial charge in [-0.25, -0.2) is 0 Å². The molecule has 0 radical (unpaired) electrons. The molecule has 0 fully saturated rings. The molecule has 0 aromatic heterocycles. The van der Waals surface area contributed by atoms with Gasteiger partial charge < -0.3 is 36.5 Å². The molecule has 7 nitrogen and oxygen atoms in total. The van der Waals surface area contributed by atoms with Crippen molar-refractivity contribution in [2.24, 2.45) is 17.2 Å². The number of carbonyl (C=O) groups is 1. The van der Waals surface area contributed by atoms with Crippen molar-refractivity contribution < 1.29 is 14.0 Å². The summed E-state index contributed by atoms with van der Waals surface area (Å²) < 4.78 is 10.4. The Labute approximate surface area is 182 Å². The Hall–Kier alpha value is -0.353. The van der Waals surface area contributed by atoms with Gasteiger partial charge in [0.1, 0.15) is 12.9 Å². The summed E-state index contributed by atoms with van der Waals surface area (Å²) in [5, 5.41) is 3.74. The van der Waals surface area contributed by atoms with Gasteiger partial charge in [-0.05, 0) is 70.0 Å². The molecule has 0 aromatic carbocycles. The molecule has 0 aromatic rings. The van der Waals surface area contributed by atoms with E-state index in [0.29, 0.717) is 11.3 Å². The second-order valence-electron chi connectivity index (χ2n) is 8.47. The van der Waals surface area contributed by atoms with Gasteiger partial charge in [0.15, 0.2) is 8.32 Å². The maximum absolute atomic E-state index is 9.28. The Bertz CT molecular complexity index is 324. The van der Waals surface area contributed by atoms with Crippen LogP contribution in [0.2, 0.25) is 18.1 Å². The minimum atomic E-state index is -1.54. The van der Waals surface area contributed by atoms with Crippen LogP contribution in [0.5, 0.6) is 0 Å². The molecule has 0 aliphatic rings. The minimum Gasteiger partial charge on any atom is -0.416 e. The van der Waals surface area contributed by atoms with Crippen molar-refractivity contribution in [3.05, 3.63) is 0 Å². The first kappa shape index (κ1) is 33.3. The highest BCUT2D eigenvalue weighted by Crippen LogP contribution is 2.36. The zero-order valence-electron chi connectivity index (χ0n) is 20.2. The lowest BCUT2D eigenvalue weighted by molar-refractivity contribution is -0.110. The van der Waals surface area contributed by atoms with E-state index in [-0.39, 0.29) is 6.61 Å². The predicted molar refractivity (Wildman–Crippen MR) is 129 cm³/mol. The zero-order valence-corrected chi connectivity index (χ0v) is 21.2. The van der Waals surface area contributed by atoms with E-state index in [2.05, 4.69) is 43.9 Å². The number of nitrogens with two attached hydrogens (primary N) is 3. The number of unbranched alkanes of at least 4 members (excludes halogenated alkanes) is 4. The molecule has 29 heavy (non-hydrogen) atoms. The lowest BCUT2D eigenvalue weighted by atomic mass is 10.2. The van der Waals surface area contributed by atoms with Gasteiger partial charge in [-0.2, -0.15) is 0 Å². The molecule has 0 saturated heterocycles. The third-order valence-corrected chi connectivity index (χ3v) is 9.29. The average molecular weight is 437 g/mol. The second kappa shape index (κ2) is 23.9. The molecule has 0 rings (SSSR count). The standard InChI is InChI=1S/C13H32N2OSi.C5H14N2.C3H6O2/c1-13(2,3)17(4,5)16-12-11-15-10-8-6-7-9-14;6-4-2-1-3-5-7;1-5-3-2-4/h15H,6-12,14H2,1-5H3;1-7H2;2H,3H2,1H3. The van der Waals surface area contributed by atoms with E-state index in [1.54, 1.807) is 0 Å². The summed E-state index contributed by atoms with van der Waals surface area (Å²) in [6.07, 6.45) is 7.73. The lowest BCUT2D eigenvalue weighted by Gasteiger charge is -2.36.